The fourth-order valence-corrected chi connectivity index (χ4v) is 3.73. The second-order valence-electron chi connectivity index (χ2n) is 6.44. The molecule has 128 valence electrons. The first-order valence-electron chi connectivity index (χ1n) is 7.90. The molecule has 23 heavy (non-hydrogen) atoms. The summed E-state index contributed by atoms with van der Waals surface area (Å²) in [6.07, 6.45) is 6.94. The van der Waals surface area contributed by atoms with Crippen LogP contribution in [0.5, 0.6) is 0 Å². The van der Waals surface area contributed by atoms with Gasteiger partial charge in [0.2, 0.25) is 15.9 Å². The summed E-state index contributed by atoms with van der Waals surface area (Å²) < 4.78 is 24.9. The van der Waals surface area contributed by atoms with Crippen molar-refractivity contribution in [3.05, 3.63) is 24.3 Å². The van der Waals surface area contributed by atoms with Crippen LogP contribution in [0.4, 0.5) is 11.4 Å². The summed E-state index contributed by atoms with van der Waals surface area (Å²) in [6, 6.07) is 6.68. The summed E-state index contributed by atoms with van der Waals surface area (Å²) >= 11 is 0. The molecule has 1 aromatic carbocycles. The molecule has 0 spiro atoms. The lowest BCUT2D eigenvalue weighted by molar-refractivity contribution is -0.118. The Morgan fingerprint density at radius 3 is 2.48 bits per heavy atom. The molecule has 7 heteroatoms. The first-order valence-corrected chi connectivity index (χ1v) is 9.79. The van der Waals surface area contributed by atoms with E-state index in [0.717, 1.165) is 31.9 Å². The van der Waals surface area contributed by atoms with Crippen LogP contribution in [-0.4, -0.2) is 27.1 Å². The number of anilines is 2. The third-order valence-electron chi connectivity index (χ3n) is 4.33. The SMILES string of the molecule is CS(=O)(=O)Nc1cccc(NC(=O)CC2(CN)CCCCC2)c1. The first kappa shape index (κ1) is 17.7. The third kappa shape index (κ3) is 5.51. The molecule has 4 N–H and O–H groups in total. The lowest BCUT2D eigenvalue weighted by Crippen LogP contribution is -2.36. The van der Waals surface area contributed by atoms with E-state index in [1.165, 1.54) is 6.42 Å². The molecular weight excluding hydrogens is 314 g/mol. The van der Waals surface area contributed by atoms with Crippen LogP contribution in [0.3, 0.4) is 0 Å². The lowest BCUT2D eigenvalue weighted by Gasteiger charge is -2.35. The van der Waals surface area contributed by atoms with E-state index in [0.29, 0.717) is 24.3 Å². The fourth-order valence-electron chi connectivity index (χ4n) is 3.18. The van der Waals surface area contributed by atoms with E-state index < -0.39 is 10.0 Å². The van der Waals surface area contributed by atoms with Crippen molar-refractivity contribution in [2.75, 3.05) is 22.8 Å². The molecule has 0 bridgehead atoms. The van der Waals surface area contributed by atoms with Gasteiger partial charge in [-0.25, -0.2) is 8.42 Å². The zero-order chi connectivity index (χ0) is 16.9. The number of nitrogens with two attached hydrogens (primary N) is 1. The molecule has 0 heterocycles. The molecule has 1 aromatic rings. The second kappa shape index (κ2) is 7.31. The number of sulfonamides is 1. The molecule has 0 aliphatic heterocycles. The Hall–Kier alpha value is -1.60. The zero-order valence-corrected chi connectivity index (χ0v) is 14.3. The van der Waals surface area contributed by atoms with Crippen LogP contribution in [0.15, 0.2) is 24.3 Å². The average molecular weight is 339 g/mol. The molecule has 1 aliphatic carbocycles. The van der Waals surface area contributed by atoms with Gasteiger partial charge in [-0.2, -0.15) is 0 Å². The van der Waals surface area contributed by atoms with Crippen LogP contribution in [0.25, 0.3) is 0 Å². The Balaban J connectivity index is 2.01. The summed E-state index contributed by atoms with van der Waals surface area (Å²) in [5.74, 6) is -0.0751. The number of nitrogens with one attached hydrogen (secondary N) is 2. The maximum absolute atomic E-state index is 12.3. The zero-order valence-electron chi connectivity index (χ0n) is 13.5. The molecule has 6 nitrogen and oxygen atoms in total. The molecule has 0 saturated heterocycles. The summed E-state index contributed by atoms with van der Waals surface area (Å²) in [6.45, 7) is 0.524. The van der Waals surface area contributed by atoms with Crippen molar-refractivity contribution in [2.45, 2.75) is 38.5 Å². The highest BCUT2D eigenvalue weighted by Crippen LogP contribution is 2.38. The van der Waals surface area contributed by atoms with Gasteiger partial charge < -0.3 is 11.1 Å². The van der Waals surface area contributed by atoms with Gasteiger partial charge in [-0.15, -0.1) is 0 Å². The maximum atomic E-state index is 12.3. The number of hydrogen-bond donors (Lipinski definition) is 3. The van der Waals surface area contributed by atoms with Crippen molar-refractivity contribution in [3.63, 3.8) is 0 Å². The number of hydrogen-bond acceptors (Lipinski definition) is 4. The van der Waals surface area contributed by atoms with Gasteiger partial charge in [0.05, 0.1) is 11.9 Å². The van der Waals surface area contributed by atoms with E-state index in [1.807, 2.05) is 0 Å². The number of benzene rings is 1. The third-order valence-corrected chi connectivity index (χ3v) is 4.94. The molecule has 1 amide bonds. The first-order chi connectivity index (χ1) is 10.8. The van der Waals surface area contributed by atoms with Gasteiger partial charge in [0.25, 0.3) is 0 Å². The molecule has 1 aliphatic rings. The van der Waals surface area contributed by atoms with E-state index >= 15 is 0 Å². The molecule has 1 saturated carbocycles. The van der Waals surface area contributed by atoms with Crippen LogP contribution in [0, 0.1) is 5.41 Å². The topological polar surface area (TPSA) is 101 Å². The van der Waals surface area contributed by atoms with E-state index in [1.54, 1.807) is 24.3 Å². The summed E-state index contributed by atoms with van der Waals surface area (Å²) in [5.41, 5.74) is 6.83. The van der Waals surface area contributed by atoms with Gasteiger partial charge in [-0.05, 0) is 43.0 Å². The van der Waals surface area contributed by atoms with Gasteiger partial charge >= 0.3 is 0 Å². The van der Waals surface area contributed by atoms with Crippen LogP contribution in [0.2, 0.25) is 0 Å². The normalized spacial score (nSPS) is 17.5. The minimum Gasteiger partial charge on any atom is -0.330 e. The lowest BCUT2D eigenvalue weighted by atomic mass is 9.71. The van der Waals surface area contributed by atoms with Crippen LogP contribution in [0.1, 0.15) is 38.5 Å². The molecule has 0 aromatic heterocycles. The summed E-state index contributed by atoms with van der Waals surface area (Å²) in [7, 11) is -3.34. The minimum absolute atomic E-state index is 0.0751. The number of amides is 1. The summed E-state index contributed by atoms with van der Waals surface area (Å²) in [4.78, 5) is 12.3. The Labute approximate surface area is 137 Å². The monoisotopic (exact) mass is 339 g/mol. The van der Waals surface area contributed by atoms with Crippen molar-refractivity contribution < 1.29 is 13.2 Å². The van der Waals surface area contributed by atoms with Crippen LogP contribution < -0.4 is 15.8 Å². The predicted octanol–water partition coefficient (Wildman–Crippen LogP) is 2.30. The van der Waals surface area contributed by atoms with Crippen LogP contribution >= 0.6 is 0 Å². The fraction of sp³-hybridized carbons (Fsp3) is 0.562. The standard InChI is InChI=1S/C16H25N3O3S/c1-23(21,22)19-14-7-5-6-13(10-14)18-15(20)11-16(12-17)8-3-2-4-9-16/h5-7,10,19H,2-4,8-9,11-12,17H2,1H3,(H,18,20). The maximum Gasteiger partial charge on any atom is 0.229 e. The minimum atomic E-state index is -3.34. The molecule has 1 fully saturated rings. The van der Waals surface area contributed by atoms with Gasteiger partial charge in [0, 0.05) is 12.1 Å². The van der Waals surface area contributed by atoms with Crippen molar-refractivity contribution >= 4 is 27.3 Å². The van der Waals surface area contributed by atoms with Gasteiger partial charge in [-0.1, -0.05) is 25.3 Å². The van der Waals surface area contributed by atoms with E-state index in [2.05, 4.69) is 10.0 Å². The van der Waals surface area contributed by atoms with Gasteiger partial charge in [0.15, 0.2) is 0 Å². The molecule has 0 unspecified atom stereocenters. The number of rotatable bonds is 6. The smallest absolute Gasteiger partial charge is 0.229 e. The predicted molar refractivity (Wildman–Crippen MR) is 92.7 cm³/mol. The average Bonchev–Trinajstić information content (AvgIpc) is 2.46. The molecule has 0 atom stereocenters. The number of carbonyl (C=O) groups excluding carboxylic acids is 1. The molecule has 0 radical (unpaired) electrons. The summed E-state index contributed by atoms with van der Waals surface area (Å²) in [5, 5.41) is 2.85. The second-order valence-corrected chi connectivity index (χ2v) is 8.19. The van der Waals surface area contributed by atoms with Crippen molar-refractivity contribution in [2.24, 2.45) is 11.1 Å². The molecule has 2 rings (SSSR count). The highest BCUT2D eigenvalue weighted by molar-refractivity contribution is 7.92. The van der Waals surface area contributed by atoms with E-state index in [4.69, 9.17) is 5.73 Å². The molecular formula is C16H25N3O3S. The highest BCUT2D eigenvalue weighted by atomic mass is 32.2. The Kier molecular flexibility index (Phi) is 5.64. The highest BCUT2D eigenvalue weighted by Gasteiger charge is 2.32. The number of carbonyl (C=O) groups is 1. The van der Waals surface area contributed by atoms with Crippen molar-refractivity contribution in [1.82, 2.24) is 0 Å². The van der Waals surface area contributed by atoms with Crippen LogP contribution in [-0.2, 0) is 14.8 Å². The Morgan fingerprint density at radius 1 is 1.22 bits per heavy atom. The van der Waals surface area contributed by atoms with Crippen molar-refractivity contribution in [3.8, 4) is 0 Å². The van der Waals surface area contributed by atoms with E-state index in [-0.39, 0.29) is 11.3 Å². The largest absolute Gasteiger partial charge is 0.330 e. The van der Waals surface area contributed by atoms with Gasteiger partial charge in [0.1, 0.15) is 0 Å². The quantitative estimate of drug-likeness (QED) is 0.740. The van der Waals surface area contributed by atoms with Gasteiger partial charge in [-0.3, -0.25) is 9.52 Å². The van der Waals surface area contributed by atoms with E-state index in [9.17, 15) is 13.2 Å². The Morgan fingerprint density at radius 2 is 1.87 bits per heavy atom. The Bertz CT molecular complexity index is 652. The van der Waals surface area contributed by atoms with Crippen molar-refractivity contribution in [1.29, 1.82) is 0 Å².